The van der Waals surface area contributed by atoms with E-state index in [1.165, 1.54) is 6.07 Å². The van der Waals surface area contributed by atoms with Gasteiger partial charge in [-0.05, 0) is 37.5 Å². The van der Waals surface area contributed by atoms with Gasteiger partial charge in [0.05, 0.1) is 11.5 Å². The first kappa shape index (κ1) is 14.7. The van der Waals surface area contributed by atoms with Crippen LogP contribution in [0.5, 0.6) is 0 Å². The van der Waals surface area contributed by atoms with Crippen molar-refractivity contribution in [3.05, 3.63) is 28.8 Å². The van der Waals surface area contributed by atoms with E-state index in [0.29, 0.717) is 29.1 Å². The van der Waals surface area contributed by atoms with Crippen LogP contribution in [0.25, 0.3) is 0 Å². The van der Waals surface area contributed by atoms with Gasteiger partial charge in [-0.2, -0.15) is 0 Å². The number of nitrogens with one attached hydrogen (secondary N) is 1. The number of anilines is 1. The van der Waals surface area contributed by atoms with Crippen molar-refractivity contribution in [2.45, 2.75) is 31.7 Å². The highest BCUT2D eigenvalue weighted by atomic mass is 35.5. The van der Waals surface area contributed by atoms with Crippen LogP contribution in [0.4, 0.5) is 5.69 Å². The molecule has 108 valence electrons. The molecular formula is C14H17ClN2O3. The molecule has 1 aliphatic rings. The van der Waals surface area contributed by atoms with Gasteiger partial charge in [0.1, 0.15) is 0 Å². The molecular weight excluding hydrogens is 280 g/mol. The summed E-state index contributed by atoms with van der Waals surface area (Å²) in [5, 5.41) is 12.7. The molecule has 2 rings (SSSR count). The van der Waals surface area contributed by atoms with Crippen LogP contribution < -0.4 is 11.1 Å². The van der Waals surface area contributed by atoms with Crippen LogP contribution in [0.1, 0.15) is 36.0 Å². The number of rotatable bonds is 4. The summed E-state index contributed by atoms with van der Waals surface area (Å²) in [5.41, 5.74) is 6.27. The number of hydrogen-bond acceptors (Lipinski definition) is 3. The molecule has 5 nitrogen and oxygen atoms in total. The van der Waals surface area contributed by atoms with Gasteiger partial charge in [0, 0.05) is 16.8 Å². The lowest BCUT2D eigenvalue weighted by molar-refractivity contribution is -0.142. The Hall–Kier alpha value is -1.75. The number of carboxylic acid groups (broad SMARTS) is 1. The Morgan fingerprint density at radius 3 is 2.75 bits per heavy atom. The number of nitrogens with two attached hydrogens (primary N) is 1. The third-order valence-electron chi connectivity index (χ3n) is 3.63. The van der Waals surface area contributed by atoms with Crippen LogP contribution in [0.2, 0.25) is 5.02 Å². The summed E-state index contributed by atoms with van der Waals surface area (Å²) in [5.74, 6) is -1.64. The predicted molar refractivity (Wildman–Crippen MR) is 77.0 cm³/mol. The van der Waals surface area contributed by atoms with Crippen molar-refractivity contribution < 1.29 is 14.7 Å². The van der Waals surface area contributed by atoms with Gasteiger partial charge < -0.3 is 16.2 Å². The normalized spacial score (nSPS) is 22.2. The zero-order chi connectivity index (χ0) is 14.7. The minimum atomic E-state index is -0.761. The van der Waals surface area contributed by atoms with Crippen LogP contribution in [0.15, 0.2) is 18.2 Å². The van der Waals surface area contributed by atoms with Gasteiger partial charge in [-0.15, -0.1) is 0 Å². The molecule has 1 aliphatic carbocycles. The zero-order valence-corrected chi connectivity index (χ0v) is 11.7. The molecule has 1 aromatic carbocycles. The highest BCUT2D eigenvalue weighted by molar-refractivity contribution is 6.31. The number of hydrogen-bond donors (Lipinski definition) is 3. The largest absolute Gasteiger partial charge is 0.481 e. The maximum absolute atomic E-state index is 11.4. The molecule has 0 aliphatic heterocycles. The lowest BCUT2D eigenvalue weighted by Gasteiger charge is -2.28. The maximum atomic E-state index is 11.4. The van der Waals surface area contributed by atoms with Crippen molar-refractivity contribution in [1.29, 1.82) is 0 Å². The van der Waals surface area contributed by atoms with Crippen molar-refractivity contribution in [2.75, 3.05) is 5.32 Å². The number of carbonyl (C=O) groups is 2. The SMILES string of the molecule is NC(=O)c1cc(Cl)ccc1NC1CCCC(C(=O)O)C1. The van der Waals surface area contributed by atoms with Crippen LogP contribution in [-0.2, 0) is 4.79 Å². The van der Waals surface area contributed by atoms with Crippen LogP contribution >= 0.6 is 11.6 Å². The van der Waals surface area contributed by atoms with Crippen LogP contribution in [0.3, 0.4) is 0 Å². The average Bonchev–Trinajstić information content (AvgIpc) is 2.41. The molecule has 0 saturated heterocycles. The number of carbonyl (C=O) groups excluding carboxylic acids is 1. The standard InChI is InChI=1S/C14H17ClN2O3/c15-9-4-5-12(11(7-9)13(16)18)17-10-3-1-2-8(6-10)14(19)20/h4-5,7-8,10,17H,1-3,6H2,(H2,16,18)(H,19,20). The number of halogens is 1. The summed E-state index contributed by atoms with van der Waals surface area (Å²) in [4.78, 5) is 22.5. The molecule has 6 heteroatoms. The van der Waals surface area contributed by atoms with Gasteiger partial charge in [-0.3, -0.25) is 9.59 Å². The highest BCUT2D eigenvalue weighted by Gasteiger charge is 2.27. The fraction of sp³-hybridized carbons (Fsp3) is 0.429. The molecule has 0 spiro atoms. The second-order valence-corrected chi connectivity index (χ2v) is 5.53. The lowest BCUT2D eigenvalue weighted by atomic mass is 9.85. The highest BCUT2D eigenvalue weighted by Crippen LogP contribution is 2.29. The summed E-state index contributed by atoms with van der Waals surface area (Å²) in [6.45, 7) is 0. The van der Waals surface area contributed by atoms with Gasteiger partial charge >= 0.3 is 5.97 Å². The van der Waals surface area contributed by atoms with E-state index in [9.17, 15) is 9.59 Å². The van der Waals surface area contributed by atoms with Gasteiger partial charge in [-0.25, -0.2) is 0 Å². The van der Waals surface area contributed by atoms with Crippen molar-refractivity contribution in [1.82, 2.24) is 0 Å². The Morgan fingerprint density at radius 2 is 2.10 bits per heavy atom. The number of carboxylic acids is 1. The Balaban J connectivity index is 2.13. The topological polar surface area (TPSA) is 92.4 Å². The molecule has 2 unspecified atom stereocenters. The molecule has 0 bridgehead atoms. The van der Waals surface area contributed by atoms with Gasteiger partial charge in [0.25, 0.3) is 5.91 Å². The molecule has 0 radical (unpaired) electrons. The number of primary amides is 1. The lowest BCUT2D eigenvalue weighted by Crippen LogP contribution is -2.31. The molecule has 1 saturated carbocycles. The van der Waals surface area contributed by atoms with Crippen molar-refractivity contribution in [3.63, 3.8) is 0 Å². The van der Waals surface area contributed by atoms with E-state index in [-0.39, 0.29) is 12.0 Å². The van der Waals surface area contributed by atoms with Gasteiger partial charge in [0.2, 0.25) is 0 Å². The molecule has 0 heterocycles. The summed E-state index contributed by atoms with van der Waals surface area (Å²) in [6, 6.07) is 4.92. The Labute approximate surface area is 122 Å². The van der Waals surface area contributed by atoms with Crippen molar-refractivity contribution >= 4 is 29.2 Å². The van der Waals surface area contributed by atoms with E-state index < -0.39 is 11.9 Å². The first-order valence-electron chi connectivity index (χ1n) is 6.56. The fourth-order valence-corrected chi connectivity index (χ4v) is 2.78. The molecule has 0 aromatic heterocycles. The summed E-state index contributed by atoms with van der Waals surface area (Å²) >= 11 is 5.86. The predicted octanol–water partition coefficient (Wildman–Crippen LogP) is 2.49. The second-order valence-electron chi connectivity index (χ2n) is 5.10. The number of aliphatic carboxylic acids is 1. The Kier molecular flexibility index (Phi) is 4.49. The van der Waals surface area contributed by atoms with Crippen molar-refractivity contribution in [3.8, 4) is 0 Å². The van der Waals surface area contributed by atoms with E-state index in [1.54, 1.807) is 12.1 Å². The maximum Gasteiger partial charge on any atom is 0.306 e. The van der Waals surface area contributed by atoms with E-state index in [1.807, 2.05) is 0 Å². The molecule has 4 N–H and O–H groups in total. The number of amides is 1. The van der Waals surface area contributed by atoms with E-state index in [4.69, 9.17) is 22.4 Å². The number of benzene rings is 1. The van der Waals surface area contributed by atoms with Gasteiger partial charge in [0.15, 0.2) is 0 Å². The fourth-order valence-electron chi connectivity index (χ4n) is 2.61. The van der Waals surface area contributed by atoms with E-state index in [2.05, 4.69) is 5.32 Å². The van der Waals surface area contributed by atoms with Gasteiger partial charge in [-0.1, -0.05) is 18.0 Å². The van der Waals surface area contributed by atoms with Crippen LogP contribution in [-0.4, -0.2) is 23.0 Å². The average molecular weight is 297 g/mol. The molecule has 1 fully saturated rings. The summed E-state index contributed by atoms with van der Waals surface area (Å²) in [6.07, 6.45) is 2.99. The molecule has 1 aromatic rings. The molecule has 1 amide bonds. The Bertz CT molecular complexity index is 533. The second kappa shape index (κ2) is 6.13. The smallest absolute Gasteiger partial charge is 0.306 e. The van der Waals surface area contributed by atoms with Crippen molar-refractivity contribution in [2.24, 2.45) is 11.7 Å². The zero-order valence-electron chi connectivity index (χ0n) is 10.9. The minimum Gasteiger partial charge on any atom is -0.481 e. The van der Waals surface area contributed by atoms with E-state index in [0.717, 1.165) is 12.8 Å². The Morgan fingerprint density at radius 1 is 1.35 bits per heavy atom. The molecule has 20 heavy (non-hydrogen) atoms. The summed E-state index contributed by atoms with van der Waals surface area (Å²) < 4.78 is 0. The first-order chi connectivity index (χ1) is 9.47. The first-order valence-corrected chi connectivity index (χ1v) is 6.94. The van der Waals surface area contributed by atoms with E-state index >= 15 is 0 Å². The third-order valence-corrected chi connectivity index (χ3v) is 3.87. The third kappa shape index (κ3) is 3.42. The molecule has 2 atom stereocenters. The minimum absolute atomic E-state index is 0.0316. The quantitative estimate of drug-likeness (QED) is 0.796. The monoisotopic (exact) mass is 296 g/mol. The summed E-state index contributed by atoms with van der Waals surface area (Å²) in [7, 11) is 0. The van der Waals surface area contributed by atoms with Crippen LogP contribution in [0, 0.1) is 5.92 Å².